The van der Waals surface area contributed by atoms with E-state index in [9.17, 15) is 4.79 Å². The molecular weight excluding hydrogens is 482 g/mol. The van der Waals surface area contributed by atoms with Crippen molar-refractivity contribution in [2.24, 2.45) is 10.2 Å². The molecule has 39 heavy (non-hydrogen) atoms. The Balaban J connectivity index is 1.17. The Bertz CT molecular complexity index is 1690. The Morgan fingerprint density at radius 3 is 2.41 bits per heavy atom. The maximum atomic E-state index is 13.2. The van der Waals surface area contributed by atoms with Crippen LogP contribution < -0.4 is 10.4 Å². The molecule has 6 nitrogen and oxygen atoms in total. The standard InChI is InChI=1S/C33H27N5O/c1-23-11-15-26(16-12-23)32-21-29(28-9-5-6-10-31(28)35-32)33(39)36-34-22-24-13-17-27(18-14-24)38-20-19-30(37-38)25-7-3-2-4-8-25/h2-18,21-22H,19-20H2,1H3,(H,36,39). The summed E-state index contributed by atoms with van der Waals surface area (Å²) in [6, 6.07) is 35.9. The van der Waals surface area contributed by atoms with Gasteiger partial charge >= 0.3 is 0 Å². The Hall–Kier alpha value is -5.10. The van der Waals surface area contributed by atoms with Gasteiger partial charge in [-0.2, -0.15) is 10.2 Å². The van der Waals surface area contributed by atoms with Crippen LogP contribution in [0.1, 0.15) is 33.5 Å². The smallest absolute Gasteiger partial charge is 0.267 e. The van der Waals surface area contributed by atoms with Crippen molar-refractivity contribution in [3.63, 3.8) is 0 Å². The van der Waals surface area contributed by atoms with Crippen molar-refractivity contribution >= 4 is 34.4 Å². The van der Waals surface area contributed by atoms with Crippen LogP contribution in [-0.2, 0) is 0 Å². The number of nitrogens with zero attached hydrogens (tertiary/aromatic N) is 4. The zero-order chi connectivity index (χ0) is 26.6. The summed E-state index contributed by atoms with van der Waals surface area (Å²) < 4.78 is 0. The van der Waals surface area contributed by atoms with Gasteiger partial charge in [-0.3, -0.25) is 9.80 Å². The molecule has 0 saturated heterocycles. The number of amides is 1. The summed E-state index contributed by atoms with van der Waals surface area (Å²) in [4.78, 5) is 18.0. The summed E-state index contributed by atoms with van der Waals surface area (Å²) in [5.41, 5.74) is 11.0. The number of aryl methyl sites for hydroxylation is 1. The second kappa shape index (κ2) is 10.7. The van der Waals surface area contributed by atoms with Crippen molar-refractivity contribution < 1.29 is 4.79 Å². The number of carbonyl (C=O) groups is 1. The SMILES string of the molecule is Cc1ccc(-c2cc(C(=O)NN=Cc3ccc(N4CCC(c5ccccc5)=N4)cc3)c3ccccc3n2)cc1. The van der Waals surface area contributed by atoms with Gasteiger partial charge in [-0.1, -0.05) is 90.5 Å². The highest BCUT2D eigenvalue weighted by Crippen LogP contribution is 2.25. The van der Waals surface area contributed by atoms with E-state index in [0.717, 1.165) is 57.7 Å². The van der Waals surface area contributed by atoms with Gasteiger partial charge in [0.15, 0.2) is 0 Å². The molecule has 1 aromatic heterocycles. The minimum absolute atomic E-state index is 0.283. The molecule has 190 valence electrons. The first-order chi connectivity index (χ1) is 19.1. The van der Waals surface area contributed by atoms with E-state index in [0.29, 0.717) is 5.56 Å². The minimum Gasteiger partial charge on any atom is -0.267 e. The van der Waals surface area contributed by atoms with E-state index >= 15 is 0 Å². The van der Waals surface area contributed by atoms with Gasteiger partial charge in [0.25, 0.3) is 5.91 Å². The fraction of sp³-hybridized carbons (Fsp3) is 0.0909. The number of fused-ring (bicyclic) bond motifs is 1. The van der Waals surface area contributed by atoms with Gasteiger partial charge in [-0.25, -0.2) is 10.4 Å². The number of nitrogens with one attached hydrogen (secondary N) is 1. The first-order valence-electron chi connectivity index (χ1n) is 12.9. The predicted molar refractivity (Wildman–Crippen MR) is 158 cm³/mol. The van der Waals surface area contributed by atoms with Gasteiger partial charge in [0, 0.05) is 23.9 Å². The number of hydrogen-bond acceptors (Lipinski definition) is 5. The average molecular weight is 510 g/mol. The molecule has 6 rings (SSSR count). The van der Waals surface area contributed by atoms with E-state index in [1.807, 2.05) is 109 Å². The highest BCUT2D eigenvalue weighted by molar-refractivity contribution is 6.07. The molecule has 1 aliphatic rings. The lowest BCUT2D eigenvalue weighted by Gasteiger charge is -2.13. The molecule has 0 saturated carbocycles. The number of hydrazone groups is 2. The van der Waals surface area contributed by atoms with Gasteiger partial charge in [0.1, 0.15) is 0 Å². The van der Waals surface area contributed by atoms with Crippen molar-refractivity contribution in [2.75, 3.05) is 11.6 Å². The minimum atomic E-state index is -0.283. The summed E-state index contributed by atoms with van der Waals surface area (Å²) in [5, 5.41) is 11.8. The van der Waals surface area contributed by atoms with Crippen LogP contribution in [0.15, 0.2) is 119 Å². The quantitative estimate of drug-likeness (QED) is 0.207. The number of benzene rings is 4. The molecule has 0 fully saturated rings. The van der Waals surface area contributed by atoms with Crippen LogP contribution in [0.4, 0.5) is 5.69 Å². The molecule has 1 aliphatic heterocycles. The van der Waals surface area contributed by atoms with Gasteiger partial charge in [-0.05, 0) is 42.3 Å². The monoisotopic (exact) mass is 509 g/mol. The van der Waals surface area contributed by atoms with Crippen LogP contribution in [0.5, 0.6) is 0 Å². The van der Waals surface area contributed by atoms with Crippen molar-refractivity contribution in [3.05, 3.63) is 131 Å². The maximum absolute atomic E-state index is 13.2. The van der Waals surface area contributed by atoms with Crippen molar-refractivity contribution in [1.29, 1.82) is 0 Å². The molecule has 2 heterocycles. The number of rotatable bonds is 6. The highest BCUT2D eigenvalue weighted by Gasteiger charge is 2.17. The summed E-state index contributed by atoms with van der Waals surface area (Å²) in [5.74, 6) is -0.283. The third kappa shape index (κ3) is 5.31. The molecule has 0 spiro atoms. The summed E-state index contributed by atoms with van der Waals surface area (Å²) in [7, 11) is 0. The molecule has 0 atom stereocenters. The third-order valence-corrected chi connectivity index (χ3v) is 6.79. The summed E-state index contributed by atoms with van der Waals surface area (Å²) >= 11 is 0. The molecule has 0 radical (unpaired) electrons. The normalized spacial score (nSPS) is 13.2. The number of aromatic nitrogens is 1. The van der Waals surface area contributed by atoms with Crippen LogP contribution in [0.25, 0.3) is 22.2 Å². The zero-order valence-electron chi connectivity index (χ0n) is 21.6. The van der Waals surface area contributed by atoms with E-state index in [-0.39, 0.29) is 5.91 Å². The van der Waals surface area contributed by atoms with Crippen LogP contribution in [0.2, 0.25) is 0 Å². The molecular formula is C33H27N5O. The molecule has 0 unspecified atom stereocenters. The van der Waals surface area contributed by atoms with E-state index in [4.69, 9.17) is 10.1 Å². The lowest BCUT2D eigenvalue weighted by atomic mass is 10.0. The van der Waals surface area contributed by atoms with Crippen molar-refractivity contribution in [3.8, 4) is 11.3 Å². The van der Waals surface area contributed by atoms with E-state index < -0.39 is 0 Å². The van der Waals surface area contributed by atoms with Crippen LogP contribution in [0, 0.1) is 6.92 Å². The number of hydrogen-bond donors (Lipinski definition) is 1. The molecule has 5 aromatic rings. The molecule has 1 amide bonds. The maximum Gasteiger partial charge on any atom is 0.272 e. The van der Waals surface area contributed by atoms with Crippen LogP contribution >= 0.6 is 0 Å². The first-order valence-corrected chi connectivity index (χ1v) is 12.9. The number of anilines is 1. The molecule has 0 aliphatic carbocycles. The van der Waals surface area contributed by atoms with Crippen molar-refractivity contribution in [2.45, 2.75) is 13.3 Å². The van der Waals surface area contributed by atoms with E-state index in [1.165, 1.54) is 5.56 Å². The van der Waals surface area contributed by atoms with E-state index in [2.05, 4.69) is 22.7 Å². The van der Waals surface area contributed by atoms with Gasteiger partial charge in [-0.15, -0.1) is 0 Å². The second-order valence-corrected chi connectivity index (χ2v) is 9.51. The second-order valence-electron chi connectivity index (χ2n) is 9.51. The largest absolute Gasteiger partial charge is 0.272 e. The molecule has 4 aromatic carbocycles. The molecule has 0 bridgehead atoms. The Morgan fingerprint density at radius 1 is 0.872 bits per heavy atom. The Kier molecular flexibility index (Phi) is 6.66. The number of para-hydroxylation sites is 1. The molecule has 6 heteroatoms. The average Bonchev–Trinajstić information content (AvgIpc) is 3.48. The van der Waals surface area contributed by atoms with Gasteiger partial charge in [0.2, 0.25) is 0 Å². The predicted octanol–water partition coefficient (Wildman–Crippen LogP) is 6.59. The Morgan fingerprint density at radius 2 is 1.62 bits per heavy atom. The summed E-state index contributed by atoms with van der Waals surface area (Å²) in [6.07, 6.45) is 2.56. The highest BCUT2D eigenvalue weighted by atomic mass is 16.2. The lowest BCUT2D eigenvalue weighted by molar-refractivity contribution is 0.0956. The van der Waals surface area contributed by atoms with Gasteiger partial charge in [0.05, 0.1) is 34.4 Å². The van der Waals surface area contributed by atoms with Crippen LogP contribution in [0.3, 0.4) is 0 Å². The third-order valence-electron chi connectivity index (χ3n) is 6.79. The first kappa shape index (κ1) is 24.2. The fourth-order valence-electron chi connectivity index (χ4n) is 4.67. The zero-order valence-corrected chi connectivity index (χ0v) is 21.6. The van der Waals surface area contributed by atoms with E-state index in [1.54, 1.807) is 6.21 Å². The Labute approximate surface area is 227 Å². The fourth-order valence-corrected chi connectivity index (χ4v) is 4.67. The van der Waals surface area contributed by atoms with Crippen molar-refractivity contribution in [1.82, 2.24) is 10.4 Å². The lowest BCUT2D eigenvalue weighted by Crippen LogP contribution is -2.18. The summed E-state index contributed by atoms with van der Waals surface area (Å²) in [6.45, 7) is 2.89. The number of carbonyl (C=O) groups excluding carboxylic acids is 1. The molecule has 1 N–H and O–H groups in total. The topological polar surface area (TPSA) is 70.0 Å². The number of pyridine rings is 1. The van der Waals surface area contributed by atoms with Gasteiger partial charge < -0.3 is 0 Å². The van der Waals surface area contributed by atoms with Crippen LogP contribution in [-0.4, -0.2) is 29.4 Å².